The molecule has 2 aromatic carbocycles. The van der Waals surface area contributed by atoms with Gasteiger partial charge < -0.3 is 14.6 Å². The molecule has 7 heteroatoms. The Labute approximate surface area is 178 Å². The quantitative estimate of drug-likeness (QED) is 0.367. The molecule has 0 spiro atoms. The highest BCUT2D eigenvalue weighted by molar-refractivity contribution is 6.48. The Morgan fingerprint density at radius 1 is 1.07 bits per heavy atom. The highest BCUT2D eigenvalue weighted by Crippen LogP contribution is 2.28. The number of benzene rings is 2. The van der Waals surface area contributed by atoms with Gasteiger partial charge in [0.05, 0.1) is 12.7 Å². The molecule has 0 radical (unpaired) electrons. The summed E-state index contributed by atoms with van der Waals surface area (Å²) < 4.78 is 7.25. The average molecular weight is 420 g/mol. The van der Waals surface area contributed by atoms with Gasteiger partial charge in [-0.3, -0.25) is 14.6 Å². The molecule has 2 heterocycles. The van der Waals surface area contributed by atoms with Gasteiger partial charge in [-0.05, 0) is 48.0 Å². The number of rotatable bonds is 6. The van der Waals surface area contributed by atoms with Crippen LogP contribution >= 0.6 is 11.6 Å². The molecular formula is C23H18ClN3O3. The number of nitrogens with one attached hydrogen (secondary N) is 1. The SMILES string of the molecule is COc1ccc2c(c1)c(C(=O)C(=O)Nc1ccncc1)cn2Cc1ccc(Cl)cc1. The number of amides is 1. The molecule has 4 aromatic rings. The highest BCUT2D eigenvalue weighted by atomic mass is 35.5. The lowest BCUT2D eigenvalue weighted by molar-refractivity contribution is -0.112. The van der Waals surface area contributed by atoms with Crippen LogP contribution < -0.4 is 10.1 Å². The number of aromatic nitrogens is 2. The zero-order valence-corrected chi connectivity index (χ0v) is 16.9. The van der Waals surface area contributed by atoms with Crippen LogP contribution in [-0.4, -0.2) is 28.4 Å². The van der Waals surface area contributed by atoms with Gasteiger partial charge in [0.15, 0.2) is 0 Å². The molecule has 0 aliphatic rings. The summed E-state index contributed by atoms with van der Waals surface area (Å²) in [6.07, 6.45) is 4.79. The molecule has 1 amide bonds. The van der Waals surface area contributed by atoms with Gasteiger partial charge in [-0.15, -0.1) is 0 Å². The van der Waals surface area contributed by atoms with Gasteiger partial charge in [-0.25, -0.2) is 0 Å². The number of anilines is 1. The van der Waals surface area contributed by atoms with Gasteiger partial charge >= 0.3 is 0 Å². The molecule has 2 aromatic heterocycles. The number of Topliss-reactive ketones (excluding diaryl/α,β-unsaturated/α-hetero) is 1. The summed E-state index contributed by atoms with van der Waals surface area (Å²) in [6.45, 7) is 0.527. The molecule has 6 nitrogen and oxygen atoms in total. The normalized spacial score (nSPS) is 10.7. The molecule has 0 bridgehead atoms. The number of halogens is 1. The number of pyridine rings is 1. The van der Waals surface area contributed by atoms with E-state index in [4.69, 9.17) is 16.3 Å². The summed E-state index contributed by atoms with van der Waals surface area (Å²) >= 11 is 5.98. The minimum absolute atomic E-state index is 0.310. The van der Waals surface area contributed by atoms with Crippen molar-refractivity contribution in [2.24, 2.45) is 0 Å². The van der Waals surface area contributed by atoms with E-state index >= 15 is 0 Å². The third kappa shape index (κ3) is 4.04. The lowest BCUT2D eigenvalue weighted by Gasteiger charge is -2.06. The number of fused-ring (bicyclic) bond motifs is 1. The largest absolute Gasteiger partial charge is 0.497 e. The number of hydrogen-bond donors (Lipinski definition) is 1. The van der Waals surface area contributed by atoms with Crippen LogP contribution in [0, 0.1) is 0 Å². The standard InChI is InChI=1S/C23H18ClN3O3/c1-30-18-6-7-21-19(12-18)20(14-27(21)13-15-2-4-16(24)5-3-15)22(28)23(29)26-17-8-10-25-11-9-17/h2-12,14H,13H2,1H3,(H,25,26,29). The lowest BCUT2D eigenvalue weighted by Crippen LogP contribution is -2.22. The lowest BCUT2D eigenvalue weighted by atomic mass is 10.1. The van der Waals surface area contributed by atoms with Crippen molar-refractivity contribution in [1.82, 2.24) is 9.55 Å². The van der Waals surface area contributed by atoms with E-state index in [-0.39, 0.29) is 0 Å². The number of ether oxygens (including phenoxy) is 1. The summed E-state index contributed by atoms with van der Waals surface area (Å²) in [4.78, 5) is 29.5. The maximum Gasteiger partial charge on any atom is 0.296 e. The van der Waals surface area contributed by atoms with E-state index in [0.717, 1.165) is 11.1 Å². The Balaban J connectivity index is 1.71. The van der Waals surface area contributed by atoms with Gasteiger partial charge in [-0.1, -0.05) is 23.7 Å². The highest BCUT2D eigenvalue weighted by Gasteiger charge is 2.22. The molecule has 0 aliphatic heterocycles. The number of carbonyl (C=O) groups is 2. The zero-order chi connectivity index (χ0) is 21.1. The fourth-order valence-electron chi connectivity index (χ4n) is 3.25. The van der Waals surface area contributed by atoms with Crippen LogP contribution in [0.3, 0.4) is 0 Å². The molecule has 0 saturated heterocycles. The monoisotopic (exact) mass is 419 g/mol. The van der Waals surface area contributed by atoms with Crippen LogP contribution in [0.15, 0.2) is 73.2 Å². The van der Waals surface area contributed by atoms with E-state index in [0.29, 0.717) is 34.0 Å². The fourth-order valence-corrected chi connectivity index (χ4v) is 3.37. The predicted octanol–water partition coefficient (Wildman–Crippen LogP) is 4.57. The minimum atomic E-state index is -0.713. The third-order valence-electron chi connectivity index (χ3n) is 4.74. The first kappa shape index (κ1) is 19.7. The van der Waals surface area contributed by atoms with Gasteiger partial charge in [0.1, 0.15) is 5.75 Å². The Morgan fingerprint density at radius 3 is 2.50 bits per heavy atom. The Morgan fingerprint density at radius 2 is 1.80 bits per heavy atom. The van der Waals surface area contributed by atoms with Gasteiger partial charge in [-0.2, -0.15) is 0 Å². The Bertz CT molecular complexity index is 1220. The first-order valence-corrected chi connectivity index (χ1v) is 9.60. The van der Waals surface area contributed by atoms with Crippen LogP contribution in [0.2, 0.25) is 5.02 Å². The third-order valence-corrected chi connectivity index (χ3v) is 5.00. The van der Waals surface area contributed by atoms with Crippen LogP contribution in [0.25, 0.3) is 10.9 Å². The smallest absolute Gasteiger partial charge is 0.296 e. The molecule has 0 aliphatic carbocycles. The summed E-state index contributed by atoms with van der Waals surface area (Å²) in [5.41, 5.74) is 2.66. The van der Waals surface area contributed by atoms with Gasteiger partial charge in [0.25, 0.3) is 11.7 Å². The van der Waals surface area contributed by atoms with E-state index in [1.807, 2.05) is 41.0 Å². The molecule has 150 valence electrons. The maximum atomic E-state index is 13.0. The molecule has 0 unspecified atom stereocenters. The van der Waals surface area contributed by atoms with Crippen molar-refractivity contribution in [3.05, 3.63) is 89.3 Å². The summed E-state index contributed by atoms with van der Waals surface area (Å²) in [5.74, 6) is -0.732. The molecular weight excluding hydrogens is 402 g/mol. The number of ketones is 1. The second-order valence-corrected chi connectivity index (χ2v) is 7.14. The maximum absolute atomic E-state index is 13.0. The predicted molar refractivity (Wildman–Crippen MR) is 116 cm³/mol. The van der Waals surface area contributed by atoms with Crippen molar-refractivity contribution >= 4 is 39.9 Å². The van der Waals surface area contributed by atoms with Crippen molar-refractivity contribution in [2.75, 3.05) is 12.4 Å². The molecule has 0 fully saturated rings. The second kappa shape index (κ2) is 8.39. The van der Waals surface area contributed by atoms with E-state index in [9.17, 15) is 9.59 Å². The van der Waals surface area contributed by atoms with Crippen molar-refractivity contribution < 1.29 is 14.3 Å². The number of nitrogens with zero attached hydrogens (tertiary/aromatic N) is 2. The van der Waals surface area contributed by atoms with Crippen LogP contribution in [0.1, 0.15) is 15.9 Å². The molecule has 1 N–H and O–H groups in total. The van der Waals surface area contributed by atoms with Crippen LogP contribution in [0.4, 0.5) is 5.69 Å². The van der Waals surface area contributed by atoms with Crippen molar-refractivity contribution in [1.29, 1.82) is 0 Å². The average Bonchev–Trinajstić information content (AvgIpc) is 3.13. The molecule has 0 atom stereocenters. The number of carbonyl (C=O) groups excluding carboxylic acids is 2. The fraction of sp³-hybridized carbons (Fsp3) is 0.0870. The summed E-state index contributed by atoms with van der Waals surface area (Å²) in [7, 11) is 1.56. The molecule has 4 rings (SSSR count). The van der Waals surface area contributed by atoms with Crippen molar-refractivity contribution in [3.63, 3.8) is 0 Å². The van der Waals surface area contributed by atoms with E-state index in [1.165, 1.54) is 0 Å². The summed E-state index contributed by atoms with van der Waals surface area (Å²) in [5, 5.41) is 3.92. The molecule has 30 heavy (non-hydrogen) atoms. The van der Waals surface area contributed by atoms with Crippen LogP contribution in [0.5, 0.6) is 5.75 Å². The van der Waals surface area contributed by atoms with Crippen molar-refractivity contribution in [2.45, 2.75) is 6.54 Å². The second-order valence-electron chi connectivity index (χ2n) is 6.70. The van der Waals surface area contributed by atoms with E-state index < -0.39 is 11.7 Å². The molecule has 0 saturated carbocycles. The van der Waals surface area contributed by atoms with Crippen LogP contribution in [-0.2, 0) is 11.3 Å². The minimum Gasteiger partial charge on any atom is -0.497 e. The summed E-state index contributed by atoms with van der Waals surface area (Å²) in [6, 6.07) is 16.2. The van der Waals surface area contributed by atoms with Crippen molar-refractivity contribution in [3.8, 4) is 5.75 Å². The Kier molecular flexibility index (Phi) is 5.50. The van der Waals surface area contributed by atoms with E-state index in [1.54, 1.807) is 43.9 Å². The number of hydrogen-bond acceptors (Lipinski definition) is 4. The van der Waals surface area contributed by atoms with Gasteiger partial charge in [0, 0.05) is 46.7 Å². The number of methoxy groups -OCH3 is 1. The van der Waals surface area contributed by atoms with E-state index in [2.05, 4.69) is 10.3 Å². The first-order valence-electron chi connectivity index (χ1n) is 9.22. The zero-order valence-electron chi connectivity index (χ0n) is 16.1. The Hall–Kier alpha value is -3.64. The topological polar surface area (TPSA) is 73.2 Å². The first-order chi connectivity index (χ1) is 14.5. The van der Waals surface area contributed by atoms with Gasteiger partial charge in [0.2, 0.25) is 0 Å².